The van der Waals surface area contributed by atoms with E-state index in [0.717, 1.165) is 6.42 Å². The zero-order valence-electron chi connectivity index (χ0n) is 8.46. The Kier molecular flexibility index (Phi) is 5.90. The van der Waals surface area contributed by atoms with Crippen LogP contribution in [0.2, 0.25) is 0 Å². The van der Waals surface area contributed by atoms with E-state index in [-0.39, 0.29) is 33.4 Å². The molecule has 0 aliphatic carbocycles. The molecular weight excluding hydrogens is 346 g/mol. The maximum absolute atomic E-state index is 11.2. The second-order valence-electron chi connectivity index (χ2n) is 3.09. The molecule has 0 saturated heterocycles. The van der Waals surface area contributed by atoms with E-state index in [1.54, 1.807) is 6.07 Å². The largest absolute Gasteiger partial charge is 0.671 e. The molecule has 1 N–H and O–H groups in total. The monoisotopic (exact) mass is 360 g/mol. The summed E-state index contributed by atoms with van der Waals surface area (Å²) in [7, 11) is 0. The molecule has 0 aliphatic heterocycles. The van der Waals surface area contributed by atoms with E-state index >= 15 is 0 Å². The molecule has 0 heterocycles. The predicted molar refractivity (Wildman–Crippen MR) is 54.1 cm³/mol. The topological polar surface area (TPSA) is 40.9 Å². The van der Waals surface area contributed by atoms with Crippen LogP contribution < -0.4 is 0 Å². The number of benzene rings is 1. The summed E-state index contributed by atoms with van der Waals surface area (Å²) in [5.41, 5.74) is 10.0. The van der Waals surface area contributed by atoms with Crippen molar-refractivity contribution in [3.05, 3.63) is 40.6 Å². The Hall–Kier alpha value is -0.462. The van der Waals surface area contributed by atoms with Crippen LogP contribution in [-0.4, -0.2) is 12.3 Å². The van der Waals surface area contributed by atoms with E-state index in [1.165, 1.54) is 11.1 Å². The molecule has 0 amide bonds. The molecule has 0 atom stereocenters. The van der Waals surface area contributed by atoms with Gasteiger partial charge in [-0.2, -0.15) is 0 Å². The second kappa shape index (κ2) is 6.10. The van der Waals surface area contributed by atoms with Gasteiger partial charge in [0.1, 0.15) is 5.78 Å². The molecule has 0 fully saturated rings. The molecule has 1 rings (SSSR count). The number of hydrogen-bond donors (Lipinski definition) is 0. The number of nitrogens with one attached hydrogen (secondary N) is 1. The van der Waals surface area contributed by atoms with E-state index in [4.69, 9.17) is 5.73 Å². The van der Waals surface area contributed by atoms with Gasteiger partial charge in [0, 0.05) is 26.6 Å². The van der Waals surface area contributed by atoms with Crippen LogP contribution in [0.15, 0.2) is 18.2 Å². The SMILES string of the molecule is CCc1cc(C(=O)C[NH-])ccc1C.[W]. The summed E-state index contributed by atoms with van der Waals surface area (Å²) in [6.07, 6.45) is 0.935. The third-order valence-corrected chi connectivity index (χ3v) is 2.21. The van der Waals surface area contributed by atoms with Crippen LogP contribution in [0.5, 0.6) is 0 Å². The Morgan fingerprint density at radius 1 is 1.43 bits per heavy atom. The zero-order chi connectivity index (χ0) is 9.84. The first-order valence-corrected chi connectivity index (χ1v) is 4.46. The van der Waals surface area contributed by atoms with Gasteiger partial charge < -0.3 is 5.73 Å². The van der Waals surface area contributed by atoms with Gasteiger partial charge in [0.25, 0.3) is 0 Å². The molecule has 0 bridgehead atoms. The molecule has 0 spiro atoms. The Morgan fingerprint density at radius 3 is 2.57 bits per heavy atom. The number of ketones is 1. The van der Waals surface area contributed by atoms with Gasteiger partial charge in [0.15, 0.2) is 0 Å². The third kappa shape index (κ3) is 3.04. The maximum atomic E-state index is 11.2. The standard InChI is InChI=1S/C11H14NO.W/c1-3-9-6-10(11(13)7-12)5-4-8(9)2;/h4-6,12H,3,7H2,1-2H3;/q-1;. The van der Waals surface area contributed by atoms with Crippen LogP contribution in [0.3, 0.4) is 0 Å². The molecule has 0 radical (unpaired) electrons. The van der Waals surface area contributed by atoms with Gasteiger partial charge in [-0.3, -0.25) is 4.79 Å². The molecule has 14 heavy (non-hydrogen) atoms. The minimum atomic E-state index is -0.161. The van der Waals surface area contributed by atoms with E-state index in [1.807, 2.05) is 19.1 Å². The minimum absolute atomic E-state index is 0. The molecule has 0 aromatic heterocycles. The summed E-state index contributed by atoms with van der Waals surface area (Å²) in [4.78, 5) is 11.2. The van der Waals surface area contributed by atoms with Gasteiger partial charge in [-0.05, 0) is 30.5 Å². The normalized spacial score (nSPS) is 9.36. The minimum Gasteiger partial charge on any atom is -0.671 e. The molecular formula is C11H14NOW-. The van der Waals surface area contributed by atoms with Gasteiger partial charge in [-0.15, -0.1) is 0 Å². The van der Waals surface area contributed by atoms with Gasteiger partial charge in [0.2, 0.25) is 0 Å². The van der Waals surface area contributed by atoms with Gasteiger partial charge in [-0.25, -0.2) is 0 Å². The fourth-order valence-corrected chi connectivity index (χ4v) is 1.33. The molecule has 3 heteroatoms. The van der Waals surface area contributed by atoms with Crippen molar-refractivity contribution in [3.63, 3.8) is 0 Å². The Labute approximate surface area is 99.1 Å². The summed E-state index contributed by atoms with van der Waals surface area (Å²) < 4.78 is 0. The summed E-state index contributed by atoms with van der Waals surface area (Å²) in [6, 6.07) is 5.64. The van der Waals surface area contributed by atoms with Crippen molar-refractivity contribution in [2.75, 3.05) is 6.54 Å². The van der Waals surface area contributed by atoms with Gasteiger partial charge >= 0.3 is 0 Å². The zero-order valence-corrected chi connectivity index (χ0v) is 11.4. The van der Waals surface area contributed by atoms with Gasteiger partial charge in [0.05, 0.1) is 0 Å². The van der Waals surface area contributed by atoms with Crippen LogP contribution in [0.25, 0.3) is 5.73 Å². The number of carbonyl (C=O) groups is 1. The Morgan fingerprint density at radius 2 is 2.07 bits per heavy atom. The van der Waals surface area contributed by atoms with Crippen molar-refractivity contribution < 1.29 is 25.9 Å². The molecule has 1 aromatic carbocycles. The first-order valence-electron chi connectivity index (χ1n) is 4.46. The average Bonchev–Trinajstić information content (AvgIpc) is 2.17. The van der Waals surface area contributed by atoms with E-state index < -0.39 is 0 Å². The van der Waals surface area contributed by atoms with Crippen LogP contribution in [0, 0.1) is 6.92 Å². The molecule has 0 saturated carbocycles. The van der Waals surface area contributed by atoms with E-state index in [9.17, 15) is 4.79 Å². The molecule has 1 aromatic rings. The molecule has 76 valence electrons. The fraction of sp³-hybridized carbons (Fsp3) is 0.364. The number of rotatable bonds is 3. The number of hydrogen-bond acceptors (Lipinski definition) is 1. The average molecular weight is 360 g/mol. The number of aryl methyl sites for hydroxylation is 2. The quantitative estimate of drug-likeness (QED) is 0.765. The van der Waals surface area contributed by atoms with Crippen molar-refractivity contribution in [2.24, 2.45) is 0 Å². The summed E-state index contributed by atoms with van der Waals surface area (Å²) >= 11 is 0. The van der Waals surface area contributed by atoms with Gasteiger partial charge in [-0.1, -0.05) is 25.6 Å². The molecule has 0 aliphatic rings. The van der Waals surface area contributed by atoms with Crippen molar-refractivity contribution in [1.82, 2.24) is 0 Å². The first kappa shape index (κ1) is 13.5. The maximum Gasteiger partial charge on any atom is 0.142 e. The second-order valence-corrected chi connectivity index (χ2v) is 3.09. The Balaban J connectivity index is 0.00000169. The summed E-state index contributed by atoms with van der Waals surface area (Å²) in [5, 5.41) is 0. The molecule has 0 unspecified atom stereocenters. The van der Waals surface area contributed by atoms with Crippen molar-refractivity contribution in [1.29, 1.82) is 0 Å². The summed E-state index contributed by atoms with van der Waals surface area (Å²) in [6.45, 7) is 3.94. The first-order chi connectivity index (χ1) is 6.19. The third-order valence-electron chi connectivity index (χ3n) is 2.21. The summed E-state index contributed by atoms with van der Waals surface area (Å²) in [5.74, 6) is -0.102. The number of Topliss-reactive ketones (excluding diaryl/α,β-unsaturated/α-hetero) is 1. The van der Waals surface area contributed by atoms with Crippen LogP contribution in [-0.2, 0) is 27.5 Å². The fourth-order valence-electron chi connectivity index (χ4n) is 1.33. The number of carbonyl (C=O) groups excluding carboxylic acids is 1. The van der Waals surface area contributed by atoms with E-state index in [2.05, 4.69) is 6.92 Å². The Bertz CT molecular complexity index is 323. The van der Waals surface area contributed by atoms with Crippen LogP contribution >= 0.6 is 0 Å². The van der Waals surface area contributed by atoms with Crippen molar-refractivity contribution >= 4 is 5.78 Å². The molecule has 2 nitrogen and oxygen atoms in total. The van der Waals surface area contributed by atoms with Crippen LogP contribution in [0.1, 0.15) is 28.4 Å². The van der Waals surface area contributed by atoms with Crippen molar-refractivity contribution in [3.8, 4) is 0 Å². The van der Waals surface area contributed by atoms with Crippen molar-refractivity contribution in [2.45, 2.75) is 20.3 Å². The van der Waals surface area contributed by atoms with E-state index in [0.29, 0.717) is 5.56 Å². The predicted octanol–water partition coefficient (Wildman–Crippen LogP) is 2.79. The van der Waals surface area contributed by atoms with Crippen LogP contribution in [0.4, 0.5) is 0 Å². The smallest absolute Gasteiger partial charge is 0.142 e.